The van der Waals surface area contributed by atoms with Crippen molar-refractivity contribution in [2.45, 2.75) is 32.9 Å². The molecule has 0 aromatic carbocycles. The molecule has 0 saturated carbocycles. The maximum Gasteiger partial charge on any atom is 0.0756 e. The minimum absolute atomic E-state index is 0.173. The Morgan fingerprint density at radius 2 is 2.00 bits per heavy atom. The fourth-order valence-electron chi connectivity index (χ4n) is 1.98. The van der Waals surface area contributed by atoms with Gasteiger partial charge >= 0.3 is 0 Å². The van der Waals surface area contributed by atoms with Crippen LogP contribution in [0, 0.1) is 6.92 Å². The van der Waals surface area contributed by atoms with E-state index in [0.717, 1.165) is 17.0 Å². The maximum atomic E-state index is 6.30. The van der Waals surface area contributed by atoms with Gasteiger partial charge in [0.1, 0.15) is 0 Å². The van der Waals surface area contributed by atoms with E-state index < -0.39 is 0 Å². The Labute approximate surface area is 101 Å². The molecule has 2 heterocycles. The maximum absolute atomic E-state index is 6.30. The van der Waals surface area contributed by atoms with Crippen molar-refractivity contribution in [1.29, 1.82) is 0 Å². The highest BCUT2D eigenvalue weighted by atomic mass is 15.3. The second-order valence-corrected chi connectivity index (χ2v) is 4.58. The molecule has 0 saturated heterocycles. The minimum atomic E-state index is -0.173. The molecule has 0 fully saturated rings. The third-order valence-corrected chi connectivity index (χ3v) is 3.12. The van der Waals surface area contributed by atoms with Crippen LogP contribution < -0.4 is 5.73 Å². The standard InChI is InChI=1S/C12H19N5/c1-8(2)17-11(5-6-14-17)12(13)10-7-15-16(4)9(10)3/h5-8,12H,13H2,1-4H3. The van der Waals surface area contributed by atoms with Gasteiger partial charge in [-0.15, -0.1) is 0 Å². The van der Waals surface area contributed by atoms with E-state index in [1.807, 2.05) is 35.6 Å². The van der Waals surface area contributed by atoms with Crippen molar-refractivity contribution in [2.24, 2.45) is 12.8 Å². The van der Waals surface area contributed by atoms with Crippen molar-refractivity contribution in [3.05, 3.63) is 35.4 Å². The molecule has 17 heavy (non-hydrogen) atoms. The number of aromatic nitrogens is 4. The lowest BCUT2D eigenvalue weighted by atomic mass is 10.1. The van der Waals surface area contributed by atoms with E-state index in [9.17, 15) is 0 Å². The summed E-state index contributed by atoms with van der Waals surface area (Å²) >= 11 is 0. The first-order chi connectivity index (χ1) is 8.02. The van der Waals surface area contributed by atoms with Crippen LogP contribution in [0.15, 0.2) is 18.5 Å². The van der Waals surface area contributed by atoms with Gasteiger partial charge in [0.05, 0.1) is 17.9 Å². The van der Waals surface area contributed by atoms with Gasteiger partial charge in [-0.2, -0.15) is 10.2 Å². The summed E-state index contributed by atoms with van der Waals surface area (Å²) in [6.45, 7) is 6.22. The molecule has 0 aliphatic carbocycles. The fraction of sp³-hybridized carbons (Fsp3) is 0.500. The Kier molecular flexibility index (Phi) is 3.02. The summed E-state index contributed by atoms with van der Waals surface area (Å²) in [5.74, 6) is 0. The van der Waals surface area contributed by atoms with E-state index in [1.165, 1.54) is 0 Å². The summed E-state index contributed by atoms with van der Waals surface area (Å²) in [4.78, 5) is 0. The van der Waals surface area contributed by atoms with Crippen LogP contribution in [-0.2, 0) is 7.05 Å². The summed E-state index contributed by atoms with van der Waals surface area (Å²) < 4.78 is 3.79. The van der Waals surface area contributed by atoms with Crippen molar-refractivity contribution < 1.29 is 0 Å². The highest BCUT2D eigenvalue weighted by molar-refractivity contribution is 5.28. The van der Waals surface area contributed by atoms with E-state index >= 15 is 0 Å². The molecule has 2 rings (SSSR count). The van der Waals surface area contributed by atoms with Gasteiger partial charge in [-0.05, 0) is 26.8 Å². The van der Waals surface area contributed by atoms with Crippen LogP contribution in [0.2, 0.25) is 0 Å². The molecule has 1 atom stereocenters. The number of hydrogen-bond acceptors (Lipinski definition) is 3. The number of nitrogens with zero attached hydrogens (tertiary/aromatic N) is 4. The van der Waals surface area contributed by atoms with Crippen molar-refractivity contribution in [2.75, 3.05) is 0 Å². The number of aryl methyl sites for hydroxylation is 1. The smallest absolute Gasteiger partial charge is 0.0756 e. The molecule has 5 nitrogen and oxygen atoms in total. The molecule has 0 radical (unpaired) electrons. The van der Waals surface area contributed by atoms with Crippen LogP contribution in [-0.4, -0.2) is 19.6 Å². The average Bonchev–Trinajstić information content (AvgIpc) is 2.87. The zero-order chi connectivity index (χ0) is 12.6. The SMILES string of the molecule is Cc1c(C(N)c2ccnn2C(C)C)cnn1C. The van der Waals surface area contributed by atoms with E-state index in [2.05, 4.69) is 24.0 Å². The molecule has 2 aromatic rings. The lowest BCUT2D eigenvalue weighted by Crippen LogP contribution is -2.19. The second-order valence-electron chi connectivity index (χ2n) is 4.58. The summed E-state index contributed by atoms with van der Waals surface area (Å²) in [6.07, 6.45) is 3.62. The topological polar surface area (TPSA) is 61.7 Å². The van der Waals surface area contributed by atoms with E-state index in [1.54, 1.807) is 6.20 Å². The molecule has 1 unspecified atom stereocenters. The molecule has 92 valence electrons. The predicted molar refractivity (Wildman–Crippen MR) is 66.6 cm³/mol. The molecule has 2 N–H and O–H groups in total. The first kappa shape index (κ1) is 11.9. The highest BCUT2D eigenvalue weighted by Crippen LogP contribution is 2.23. The summed E-state index contributed by atoms with van der Waals surface area (Å²) in [7, 11) is 1.92. The predicted octanol–water partition coefficient (Wildman–Crippen LogP) is 1.55. The Morgan fingerprint density at radius 1 is 1.29 bits per heavy atom. The molecule has 0 aliphatic heterocycles. The van der Waals surface area contributed by atoms with Crippen molar-refractivity contribution in [1.82, 2.24) is 19.6 Å². The number of rotatable bonds is 3. The van der Waals surface area contributed by atoms with Gasteiger partial charge in [0, 0.05) is 30.5 Å². The third-order valence-electron chi connectivity index (χ3n) is 3.12. The number of hydrogen-bond donors (Lipinski definition) is 1. The first-order valence-electron chi connectivity index (χ1n) is 5.80. The molecule has 0 aliphatic rings. The van der Waals surface area contributed by atoms with Crippen LogP contribution in [0.4, 0.5) is 0 Å². The van der Waals surface area contributed by atoms with Gasteiger partial charge < -0.3 is 5.73 Å². The van der Waals surface area contributed by atoms with Crippen LogP contribution in [0.5, 0.6) is 0 Å². The monoisotopic (exact) mass is 233 g/mol. The second kappa shape index (κ2) is 4.33. The first-order valence-corrected chi connectivity index (χ1v) is 5.80. The summed E-state index contributed by atoms with van der Waals surface area (Å²) in [6, 6.07) is 2.11. The summed E-state index contributed by atoms with van der Waals surface area (Å²) in [5.41, 5.74) is 9.47. The molecule has 0 amide bonds. The van der Waals surface area contributed by atoms with E-state index in [4.69, 9.17) is 5.73 Å². The lowest BCUT2D eigenvalue weighted by Gasteiger charge is -2.16. The van der Waals surface area contributed by atoms with Gasteiger partial charge in [0.15, 0.2) is 0 Å². The van der Waals surface area contributed by atoms with Crippen molar-refractivity contribution in [3.8, 4) is 0 Å². The van der Waals surface area contributed by atoms with Crippen LogP contribution in [0.1, 0.15) is 42.9 Å². The molecular formula is C12H19N5. The van der Waals surface area contributed by atoms with E-state index in [0.29, 0.717) is 6.04 Å². The van der Waals surface area contributed by atoms with E-state index in [-0.39, 0.29) is 6.04 Å². The number of nitrogens with two attached hydrogens (primary N) is 1. The van der Waals surface area contributed by atoms with Crippen molar-refractivity contribution >= 4 is 0 Å². The zero-order valence-corrected chi connectivity index (χ0v) is 10.8. The highest BCUT2D eigenvalue weighted by Gasteiger charge is 2.19. The largest absolute Gasteiger partial charge is 0.319 e. The van der Waals surface area contributed by atoms with Gasteiger partial charge in [0.2, 0.25) is 0 Å². The fourth-order valence-corrected chi connectivity index (χ4v) is 1.98. The molecule has 2 aromatic heterocycles. The Balaban J connectivity index is 2.40. The average molecular weight is 233 g/mol. The lowest BCUT2D eigenvalue weighted by molar-refractivity contribution is 0.499. The Hall–Kier alpha value is -1.62. The Bertz CT molecular complexity index is 509. The van der Waals surface area contributed by atoms with Gasteiger partial charge in [0.25, 0.3) is 0 Å². The third kappa shape index (κ3) is 1.98. The van der Waals surface area contributed by atoms with Crippen molar-refractivity contribution in [3.63, 3.8) is 0 Å². The normalized spacial score (nSPS) is 13.3. The molecule has 0 bridgehead atoms. The molecule has 5 heteroatoms. The zero-order valence-electron chi connectivity index (χ0n) is 10.8. The van der Waals surface area contributed by atoms with Crippen LogP contribution in [0.25, 0.3) is 0 Å². The minimum Gasteiger partial charge on any atom is -0.319 e. The molecule has 0 spiro atoms. The Morgan fingerprint density at radius 3 is 2.53 bits per heavy atom. The van der Waals surface area contributed by atoms with Gasteiger partial charge in [-0.3, -0.25) is 9.36 Å². The van der Waals surface area contributed by atoms with Gasteiger partial charge in [-0.25, -0.2) is 0 Å². The van der Waals surface area contributed by atoms with Gasteiger partial charge in [-0.1, -0.05) is 0 Å². The van der Waals surface area contributed by atoms with Crippen LogP contribution >= 0.6 is 0 Å². The summed E-state index contributed by atoms with van der Waals surface area (Å²) in [5, 5.41) is 8.54. The molecular weight excluding hydrogens is 214 g/mol. The van der Waals surface area contributed by atoms with Crippen LogP contribution in [0.3, 0.4) is 0 Å². The quantitative estimate of drug-likeness (QED) is 0.875.